The Morgan fingerprint density at radius 2 is 0.929 bits per heavy atom. The van der Waals surface area contributed by atoms with Gasteiger partial charge in [0, 0.05) is 6.42 Å². The van der Waals surface area contributed by atoms with Gasteiger partial charge in [0.2, 0.25) is 5.91 Å². The fourth-order valence-corrected chi connectivity index (χ4v) is 9.65. The summed E-state index contributed by atoms with van der Waals surface area (Å²) in [6, 6.07) is -1.01. The number of carbonyl (C=O) groups excluding carboxylic acids is 2. The van der Waals surface area contributed by atoms with Gasteiger partial charge in [0.1, 0.15) is 24.4 Å². The van der Waals surface area contributed by atoms with Crippen LogP contribution in [0.1, 0.15) is 290 Å². The van der Waals surface area contributed by atoms with Gasteiger partial charge >= 0.3 is 5.97 Å². The van der Waals surface area contributed by atoms with Gasteiger partial charge in [-0.3, -0.25) is 9.59 Å². The van der Waals surface area contributed by atoms with Crippen molar-refractivity contribution in [3.05, 3.63) is 12.2 Å². The zero-order chi connectivity index (χ0) is 51.1. The van der Waals surface area contributed by atoms with Gasteiger partial charge in [-0.05, 0) is 25.7 Å². The van der Waals surface area contributed by atoms with E-state index in [1.54, 1.807) is 6.08 Å². The maximum Gasteiger partial charge on any atom is 0.306 e. The van der Waals surface area contributed by atoms with Gasteiger partial charge in [-0.2, -0.15) is 0 Å². The van der Waals surface area contributed by atoms with E-state index >= 15 is 0 Å². The van der Waals surface area contributed by atoms with Crippen molar-refractivity contribution < 1.29 is 49.3 Å². The smallest absolute Gasteiger partial charge is 0.306 e. The second-order valence-electron chi connectivity index (χ2n) is 21.1. The largest absolute Gasteiger partial charge is 0.454 e. The van der Waals surface area contributed by atoms with E-state index in [0.29, 0.717) is 19.3 Å². The van der Waals surface area contributed by atoms with Crippen molar-refractivity contribution in [3.8, 4) is 0 Å². The number of aliphatic hydroxyl groups excluding tert-OH is 5. The van der Waals surface area contributed by atoms with Gasteiger partial charge in [-0.1, -0.05) is 270 Å². The first-order valence-corrected chi connectivity index (χ1v) is 30.0. The van der Waals surface area contributed by atoms with Gasteiger partial charge < -0.3 is 45.1 Å². The number of nitrogens with one attached hydrogen (secondary N) is 1. The van der Waals surface area contributed by atoms with Crippen LogP contribution < -0.4 is 5.32 Å². The molecule has 11 nitrogen and oxygen atoms in total. The number of allylic oxidation sites excluding steroid dienone is 1. The van der Waals surface area contributed by atoms with Gasteiger partial charge in [0.05, 0.1) is 25.4 Å². The van der Waals surface area contributed by atoms with E-state index in [1.807, 2.05) is 6.08 Å². The third-order valence-corrected chi connectivity index (χ3v) is 14.4. The minimum Gasteiger partial charge on any atom is -0.454 e. The highest BCUT2D eigenvalue weighted by Crippen LogP contribution is 2.26. The molecule has 1 amide bonds. The quantitative estimate of drug-likeness (QED) is 0.0195. The third-order valence-electron chi connectivity index (χ3n) is 14.4. The summed E-state index contributed by atoms with van der Waals surface area (Å²) in [5, 5.41) is 56.8. The maximum absolute atomic E-state index is 13.3. The molecule has 8 atom stereocenters. The molecule has 8 unspecified atom stereocenters. The highest BCUT2D eigenvalue weighted by Gasteiger charge is 2.47. The molecule has 0 spiro atoms. The molecule has 0 aliphatic carbocycles. The molecule has 1 aliphatic heterocycles. The summed E-state index contributed by atoms with van der Waals surface area (Å²) in [5.74, 6) is -1.18. The van der Waals surface area contributed by atoms with Crippen molar-refractivity contribution >= 4 is 11.9 Å². The third kappa shape index (κ3) is 36.3. The van der Waals surface area contributed by atoms with Crippen LogP contribution in [0.4, 0.5) is 0 Å². The molecule has 0 aromatic carbocycles. The first-order valence-electron chi connectivity index (χ1n) is 30.0. The summed E-state index contributed by atoms with van der Waals surface area (Å²) < 4.78 is 17.6. The van der Waals surface area contributed by atoms with Crippen molar-refractivity contribution in [1.82, 2.24) is 5.32 Å². The van der Waals surface area contributed by atoms with Crippen LogP contribution in [0, 0.1) is 0 Å². The predicted octanol–water partition coefficient (Wildman–Crippen LogP) is 13.6. The minimum absolute atomic E-state index is 0.131. The minimum atomic E-state index is -1.60. The summed E-state index contributed by atoms with van der Waals surface area (Å²) in [4.78, 5) is 26.4. The standard InChI is InChI=1S/C59H113NO10/c1-4-7-10-13-16-19-22-24-25-26-27-28-29-30-32-35-38-41-44-47-54(64)70-57-56(66)55(65)53(48-61)69-59(57)68-49-50(51(62)45-42-39-36-34-31-23-20-17-14-11-8-5-2)60-58(67)52(63)46-43-40-37-33-21-18-15-12-9-6-3/h42,45,50-53,55-57,59,61-63,65-66H,4-41,43-44,46-49H2,1-3H3,(H,60,67)/b45-42+. The average molecular weight is 997 g/mol. The number of carbonyl (C=O) groups is 2. The van der Waals surface area contributed by atoms with Crippen LogP contribution >= 0.6 is 0 Å². The highest BCUT2D eigenvalue weighted by atomic mass is 16.7. The molecule has 1 aliphatic rings. The number of amides is 1. The van der Waals surface area contributed by atoms with Gasteiger partial charge in [0.25, 0.3) is 0 Å². The van der Waals surface area contributed by atoms with E-state index < -0.39 is 67.4 Å². The molecule has 1 rings (SSSR count). The Labute approximate surface area is 429 Å². The van der Waals surface area contributed by atoms with Crippen molar-refractivity contribution in [2.45, 2.75) is 339 Å². The molecular formula is C59H113NO10. The molecule has 0 saturated carbocycles. The van der Waals surface area contributed by atoms with Crippen LogP contribution in [0.2, 0.25) is 0 Å². The molecule has 414 valence electrons. The first-order chi connectivity index (χ1) is 34.2. The molecule has 0 radical (unpaired) electrons. The summed E-state index contributed by atoms with van der Waals surface area (Å²) in [6.07, 6.45) is 42.6. The Hall–Kier alpha value is -1.60. The summed E-state index contributed by atoms with van der Waals surface area (Å²) in [7, 11) is 0. The molecule has 1 heterocycles. The van der Waals surface area contributed by atoms with Crippen LogP contribution in [0.25, 0.3) is 0 Å². The lowest BCUT2D eigenvalue weighted by molar-refractivity contribution is -0.305. The van der Waals surface area contributed by atoms with Crippen LogP contribution in [-0.2, 0) is 23.8 Å². The topological polar surface area (TPSA) is 175 Å². The molecular weight excluding hydrogens is 883 g/mol. The molecule has 6 N–H and O–H groups in total. The fourth-order valence-electron chi connectivity index (χ4n) is 9.65. The van der Waals surface area contributed by atoms with Crippen molar-refractivity contribution in [1.29, 1.82) is 0 Å². The van der Waals surface area contributed by atoms with Gasteiger partial charge in [-0.15, -0.1) is 0 Å². The van der Waals surface area contributed by atoms with Gasteiger partial charge in [-0.25, -0.2) is 0 Å². The zero-order valence-electron chi connectivity index (χ0n) is 45.7. The normalized spacial score (nSPS) is 19.7. The monoisotopic (exact) mass is 996 g/mol. The summed E-state index contributed by atoms with van der Waals surface area (Å²) >= 11 is 0. The van der Waals surface area contributed by atoms with Crippen LogP contribution in [0.3, 0.4) is 0 Å². The molecule has 1 saturated heterocycles. The number of ether oxygens (including phenoxy) is 3. The Balaban J connectivity index is 2.65. The van der Waals surface area contributed by atoms with Crippen LogP contribution in [0.15, 0.2) is 12.2 Å². The van der Waals surface area contributed by atoms with E-state index in [1.165, 1.54) is 186 Å². The van der Waals surface area contributed by atoms with E-state index in [2.05, 4.69) is 26.1 Å². The molecule has 11 heteroatoms. The van der Waals surface area contributed by atoms with E-state index in [4.69, 9.17) is 14.2 Å². The van der Waals surface area contributed by atoms with Crippen molar-refractivity contribution in [3.63, 3.8) is 0 Å². The lowest BCUT2D eigenvalue weighted by atomic mass is 9.99. The second-order valence-corrected chi connectivity index (χ2v) is 21.1. The summed E-state index contributed by atoms with van der Waals surface area (Å²) in [6.45, 7) is 5.79. The number of unbranched alkanes of at least 4 members (excludes halogenated alkanes) is 37. The number of hydrogen-bond acceptors (Lipinski definition) is 10. The number of rotatable bonds is 51. The number of aliphatic hydroxyl groups is 5. The molecule has 70 heavy (non-hydrogen) atoms. The maximum atomic E-state index is 13.3. The van der Waals surface area contributed by atoms with Gasteiger partial charge in [0.15, 0.2) is 12.4 Å². The Bertz CT molecular complexity index is 1190. The molecule has 0 bridgehead atoms. The van der Waals surface area contributed by atoms with E-state index in [-0.39, 0.29) is 13.0 Å². The van der Waals surface area contributed by atoms with Crippen LogP contribution in [-0.4, -0.2) is 99.6 Å². The summed E-state index contributed by atoms with van der Waals surface area (Å²) in [5.41, 5.74) is 0. The lowest BCUT2D eigenvalue weighted by Gasteiger charge is -2.41. The molecule has 0 aromatic heterocycles. The first kappa shape index (κ1) is 66.4. The number of esters is 1. The van der Waals surface area contributed by atoms with E-state index in [9.17, 15) is 35.1 Å². The Kier molecular flexibility index (Phi) is 45.9. The Morgan fingerprint density at radius 1 is 0.543 bits per heavy atom. The average Bonchev–Trinajstić information content (AvgIpc) is 3.36. The highest BCUT2D eigenvalue weighted by molar-refractivity contribution is 5.80. The van der Waals surface area contributed by atoms with Crippen molar-refractivity contribution in [2.24, 2.45) is 0 Å². The van der Waals surface area contributed by atoms with E-state index in [0.717, 1.165) is 57.8 Å². The van der Waals surface area contributed by atoms with Crippen LogP contribution in [0.5, 0.6) is 0 Å². The second kappa shape index (κ2) is 48.3. The predicted molar refractivity (Wildman–Crippen MR) is 288 cm³/mol. The molecule has 1 fully saturated rings. The lowest BCUT2D eigenvalue weighted by Crippen LogP contribution is -2.61. The fraction of sp³-hybridized carbons (Fsp3) is 0.932. The Morgan fingerprint density at radius 3 is 1.34 bits per heavy atom. The zero-order valence-corrected chi connectivity index (χ0v) is 45.7. The van der Waals surface area contributed by atoms with Crippen molar-refractivity contribution in [2.75, 3.05) is 13.2 Å². The SMILES string of the molecule is CCCCCCCCCCCC/C=C/C(O)C(COC1OC(CO)C(O)C(O)C1OC(=O)CCCCCCCCCCCCCCCCCCCCC)NC(=O)C(O)CCCCCCCCCCCC. The molecule has 0 aromatic rings. The number of hydrogen-bond donors (Lipinski definition) is 6.